The molecule has 0 radical (unpaired) electrons. The van der Waals surface area contributed by atoms with Crippen LogP contribution in [0.5, 0.6) is 11.5 Å². The molecule has 1 unspecified atom stereocenters. The summed E-state index contributed by atoms with van der Waals surface area (Å²) in [6.45, 7) is 0. The summed E-state index contributed by atoms with van der Waals surface area (Å²) in [5.41, 5.74) is 0.246. The molecule has 1 fully saturated rings. The van der Waals surface area contributed by atoms with Crippen LogP contribution in [0.25, 0.3) is 0 Å². The quantitative estimate of drug-likeness (QED) is 0.785. The van der Waals surface area contributed by atoms with Gasteiger partial charge in [-0.15, -0.1) is 8.78 Å². The zero-order valence-corrected chi connectivity index (χ0v) is 13.2. The van der Waals surface area contributed by atoms with E-state index in [1.807, 2.05) is 0 Å². The zero-order chi connectivity index (χ0) is 17.1. The van der Waals surface area contributed by atoms with Crippen molar-refractivity contribution in [3.63, 3.8) is 0 Å². The third-order valence-electron chi connectivity index (χ3n) is 3.85. The molecule has 4 rings (SSSR count). The molecule has 2 aromatic rings. The predicted molar refractivity (Wildman–Crippen MR) is 76.9 cm³/mol. The van der Waals surface area contributed by atoms with E-state index in [0.717, 1.165) is 12.8 Å². The smallest absolute Gasteiger partial charge is 0.395 e. The van der Waals surface area contributed by atoms with Gasteiger partial charge in [-0.1, -0.05) is 5.16 Å². The van der Waals surface area contributed by atoms with E-state index in [1.165, 1.54) is 24.6 Å². The van der Waals surface area contributed by atoms with Crippen LogP contribution in [0, 0.1) is 0 Å². The molecule has 9 heteroatoms. The van der Waals surface area contributed by atoms with Gasteiger partial charge in [-0.3, -0.25) is 9.00 Å². The summed E-state index contributed by atoms with van der Waals surface area (Å²) in [7, 11) is -1.75. The van der Waals surface area contributed by atoms with Crippen LogP contribution >= 0.6 is 0 Å². The van der Waals surface area contributed by atoms with Gasteiger partial charge in [-0.25, -0.2) is 0 Å². The number of carbonyl (C=O) groups is 1. The highest BCUT2D eigenvalue weighted by atomic mass is 32.2. The lowest BCUT2D eigenvalue weighted by Gasteiger charge is -2.09. The Balaban J connectivity index is 1.83. The van der Waals surface area contributed by atoms with Gasteiger partial charge in [0, 0.05) is 17.7 Å². The second kappa shape index (κ2) is 5.10. The molecule has 0 amide bonds. The van der Waals surface area contributed by atoms with Crippen molar-refractivity contribution in [2.45, 2.75) is 29.9 Å². The van der Waals surface area contributed by atoms with E-state index in [9.17, 15) is 17.8 Å². The van der Waals surface area contributed by atoms with Gasteiger partial charge in [0.25, 0.3) is 0 Å². The van der Waals surface area contributed by atoms with E-state index >= 15 is 0 Å². The van der Waals surface area contributed by atoms with Crippen LogP contribution in [0.3, 0.4) is 0 Å². The maximum atomic E-state index is 13.3. The Kier molecular flexibility index (Phi) is 3.24. The Morgan fingerprint density at radius 3 is 2.71 bits per heavy atom. The highest BCUT2D eigenvalue weighted by molar-refractivity contribution is 7.84. The number of alkyl halides is 2. The molecule has 24 heavy (non-hydrogen) atoms. The molecule has 2 heterocycles. The zero-order valence-electron chi connectivity index (χ0n) is 12.4. The Hall–Kier alpha value is -2.29. The monoisotopic (exact) mass is 355 g/mol. The van der Waals surface area contributed by atoms with Gasteiger partial charge in [-0.05, 0) is 25.0 Å². The number of benzene rings is 1. The number of ether oxygens (including phenoxy) is 2. The fourth-order valence-corrected chi connectivity index (χ4v) is 3.53. The van der Waals surface area contributed by atoms with Gasteiger partial charge in [0.15, 0.2) is 23.0 Å². The second-order valence-corrected chi connectivity index (χ2v) is 6.91. The molecule has 1 saturated carbocycles. The highest BCUT2D eigenvalue weighted by Crippen LogP contribution is 2.47. The van der Waals surface area contributed by atoms with Crippen LogP contribution in [-0.2, 0) is 10.8 Å². The van der Waals surface area contributed by atoms with Crippen LogP contribution in [-0.4, -0.2) is 27.7 Å². The molecule has 2 aliphatic rings. The van der Waals surface area contributed by atoms with Gasteiger partial charge in [0.2, 0.25) is 0 Å². The van der Waals surface area contributed by atoms with Crippen molar-refractivity contribution < 1.29 is 31.8 Å². The fraction of sp³-hybridized carbons (Fsp3) is 0.333. The van der Waals surface area contributed by atoms with Crippen molar-refractivity contribution >= 4 is 16.6 Å². The number of hydrogen-bond donors (Lipinski definition) is 0. The SMILES string of the molecule is CS(=O)c1c(C(=O)c2cnoc2C2CC2)ccc2c1OC(F)(F)O2. The van der Waals surface area contributed by atoms with Crippen molar-refractivity contribution in [1.82, 2.24) is 5.16 Å². The van der Waals surface area contributed by atoms with E-state index in [0.29, 0.717) is 5.76 Å². The molecule has 1 aromatic heterocycles. The Bertz CT molecular complexity index is 875. The van der Waals surface area contributed by atoms with Gasteiger partial charge >= 0.3 is 6.29 Å². The van der Waals surface area contributed by atoms with E-state index in [4.69, 9.17) is 4.52 Å². The number of carbonyl (C=O) groups excluding carboxylic acids is 1. The summed E-state index contributed by atoms with van der Waals surface area (Å²) in [4.78, 5) is 12.7. The van der Waals surface area contributed by atoms with E-state index in [-0.39, 0.29) is 33.4 Å². The minimum atomic E-state index is -3.85. The number of halogens is 2. The molecule has 126 valence electrons. The molecule has 1 aromatic carbocycles. The molecule has 0 spiro atoms. The maximum absolute atomic E-state index is 13.3. The minimum absolute atomic E-state index is 0.000910. The van der Waals surface area contributed by atoms with Crippen LogP contribution in [0.4, 0.5) is 8.78 Å². The standard InChI is InChI=1S/C15H11F2NO5S/c1-24(20)14-8(4-5-10-13(14)22-15(16,17)21-10)11(19)9-6-18-23-12(9)7-2-3-7/h4-7H,2-3H2,1H3. The first kappa shape index (κ1) is 15.3. The summed E-state index contributed by atoms with van der Waals surface area (Å²) in [6, 6.07) is 2.50. The van der Waals surface area contributed by atoms with Crippen molar-refractivity contribution in [3.05, 3.63) is 35.2 Å². The average molecular weight is 355 g/mol. The van der Waals surface area contributed by atoms with Gasteiger partial charge in [0.05, 0.1) is 27.5 Å². The molecule has 6 nitrogen and oxygen atoms in total. The number of aromatic nitrogens is 1. The fourth-order valence-electron chi connectivity index (χ4n) is 2.66. The average Bonchev–Trinajstić information content (AvgIpc) is 3.14. The molecule has 1 aliphatic heterocycles. The number of rotatable bonds is 4. The number of hydrogen-bond acceptors (Lipinski definition) is 6. The normalized spacial score (nSPS) is 19.3. The molecule has 1 aliphatic carbocycles. The van der Waals surface area contributed by atoms with Crippen LogP contribution in [0.2, 0.25) is 0 Å². The molecular formula is C15H11F2NO5S. The van der Waals surface area contributed by atoms with Crippen molar-refractivity contribution in [1.29, 1.82) is 0 Å². The molecule has 1 atom stereocenters. The van der Waals surface area contributed by atoms with Crippen molar-refractivity contribution in [2.24, 2.45) is 0 Å². The lowest BCUT2D eigenvalue weighted by Crippen LogP contribution is -2.26. The number of ketones is 1. The summed E-state index contributed by atoms with van der Waals surface area (Å²) in [6.07, 6.45) is 0.512. The number of nitrogens with zero attached hydrogens (tertiary/aromatic N) is 1. The van der Waals surface area contributed by atoms with E-state index in [2.05, 4.69) is 14.6 Å². The van der Waals surface area contributed by atoms with E-state index < -0.39 is 22.9 Å². The molecule has 0 N–H and O–H groups in total. The predicted octanol–water partition coefficient (Wildman–Crippen LogP) is 2.84. The summed E-state index contributed by atoms with van der Waals surface area (Å²) in [5.74, 6) is -0.522. The second-order valence-electron chi connectivity index (χ2n) is 5.60. The van der Waals surface area contributed by atoms with Gasteiger partial charge in [0.1, 0.15) is 0 Å². The topological polar surface area (TPSA) is 78.6 Å². The highest BCUT2D eigenvalue weighted by Gasteiger charge is 2.46. The molecular weight excluding hydrogens is 344 g/mol. The summed E-state index contributed by atoms with van der Waals surface area (Å²) >= 11 is 0. The first-order chi connectivity index (χ1) is 11.4. The minimum Gasteiger partial charge on any atom is -0.395 e. The first-order valence-corrected chi connectivity index (χ1v) is 8.69. The maximum Gasteiger partial charge on any atom is 0.586 e. The summed E-state index contributed by atoms with van der Waals surface area (Å²) in [5, 5.41) is 3.65. The van der Waals surface area contributed by atoms with Gasteiger partial charge < -0.3 is 14.0 Å². The third-order valence-corrected chi connectivity index (χ3v) is 4.83. The van der Waals surface area contributed by atoms with Crippen LogP contribution in [0.1, 0.15) is 40.4 Å². The third kappa shape index (κ3) is 2.39. The molecule has 0 saturated heterocycles. The van der Waals surface area contributed by atoms with Crippen LogP contribution in [0.15, 0.2) is 27.7 Å². The van der Waals surface area contributed by atoms with Crippen LogP contribution < -0.4 is 9.47 Å². The lowest BCUT2D eigenvalue weighted by atomic mass is 10.0. The Morgan fingerprint density at radius 2 is 2.04 bits per heavy atom. The van der Waals surface area contributed by atoms with Gasteiger partial charge in [-0.2, -0.15) is 0 Å². The van der Waals surface area contributed by atoms with E-state index in [1.54, 1.807) is 0 Å². The van der Waals surface area contributed by atoms with Crippen molar-refractivity contribution in [3.8, 4) is 11.5 Å². The summed E-state index contributed by atoms with van der Waals surface area (Å²) < 4.78 is 52.6. The number of fused-ring (bicyclic) bond motifs is 1. The first-order valence-electron chi connectivity index (χ1n) is 7.13. The Morgan fingerprint density at radius 1 is 1.29 bits per heavy atom. The lowest BCUT2D eigenvalue weighted by molar-refractivity contribution is -0.287. The van der Waals surface area contributed by atoms with Crippen molar-refractivity contribution in [2.75, 3.05) is 6.26 Å². The largest absolute Gasteiger partial charge is 0.586 e. The Labute approximate surface area is 137 Å². The molecule has 0 bridgehead atoms.